The maximum Gasteiger partial charge on any atom is 0.159 e. The molecule has 34 heavy (non-hydrogen) atoms. The van der Waals surface area contributed by atoms with Gasteiger partial charge in [-0.15, -0.1) is 0 Å². The molecule has 0 atom stereocenters. The topological polar surface area (TPSA) is 21.3 Å². The maximum atomic E-state index is 6.30. The minimum atomic E-state index is 0.915. The summed E-state index contributed by atoms with van der Waals surface area (Å²) in [5.74, 6) is 0. The molecule has 0 fully saturated rings. The fourth-order valence-electron chi connectivity index (χ4n) is 5.16. The number of fused-ring (bicyclic) bond motifs is 6. The van der Waals surface area contributed by atoms with E-state index in [9.17, 15) is 0 Å². The Morgan fingerprint density at radius 1 is 0.588 bits per heavy atom. The molecule has 0 radical (unpaired) electrons. The van der Waals surface area contributed by atoms with Crippen LogP contribution in [0.2, 0.25) is 0 Å². The standard InChI is InChI=1S/C31H22N2O/c1-32(29-16-9-14-25-24-13-6-8-17-30(24)34-31(25)29)22-18-19-28-26(20-22)23-12-5-7-15-27(23)33(28)21-10-3-2-4-11-21/h2-20H,1H3. The number of hydrogen-bond donors (Lipinski definition) is 0. The highest BCUT2D eigenvalue weighted by molar-refractivity contribution is 6.12. The van der Waals surface area contributed by atoms with E-state index in [1.807, 2.05) is 12.1 Å². The molecule has 3 nitrogen and oxygen atoms in total. The summed E-state index contributed by atoms with van der Waals surface area (Å²) in [6.07, 6.45) is 0. The Bertz CT molecular complexity index is 1830. The molecule has 7 aromatic rings. The molecule has 0 spiro atoms. The molecule has 7 rings (SSSR count). The Hall–Kier alpha value is -4.50. The highest BCUT2D eigenvalue weighted by atomic mass is 16.3. The van der Waals surface area contributed by atoms with E-state index in [-0.39, 0.29) is 0 Å². The Kier molecular flexibility index (Phi) is 4.06. The second kappa shape index (κ2) is 7.26. The molecule has 0 bridgehead atoms. The zero-order valence-corrected chi connectivity index (χ0v) is 18.8. The smallest absolute Gasteiger partial charge is 0.159 e. The lowest BCUT2D eigenvalue weighted by molar-refractivity contribution is 0.668. The van der Waals surface area contributed by atoms with E-state index in [1.165, 1.54) is 27.5 Å². The Morgan fingerprint density at radius 3 is 2.18 bits per heavy atom. The van der Waals surface area contributed by atoms with Crippen molar-refractivity contribution in [3.05, 3.63) is 115 Å². The summed E-state index contributed by atoms with van der Waals surface area (Å²) in [7, 11) is 2.11. The zero-order chi connectivity index (χ0) is 22.6. The third kappa shape index (κ3) is 2.70. The second-order valence-corrected chi connectivity index (χ2v) is 8.70. The van der Waals surface area contributed by atoms with Crippen molar-refractivity contribution in [3.63, 3.8) is 0 Å². The molecule has 0 aliphatic rings. The first-order chi connectivity index (χ1) is 16.8. The Morgan fingerprint density at radius 2 is 1.29 bits per heavy atom. The van der Waals surface area contributed by atoms with Crippen LogP contribution >= 0.6 is 0 Å². The number of furan rings is 1. The van der Waals surface area contributed by atoms with Crippen molar-refractivity contribution in [3.8, 4) is 5.69 Å². The highest BCUT2D eigenvalue weighted by Crippen LogP contribution is 2.39. The maximum absolute atomic E-state index is 6.30. The second-order valence-electron chi connectivity index (χ2n) is 8.70. The van der Waals surface area contributed by atoms with E-state index in [0.717, 1.165) is 33.3 Å². The molecule has 0 saturated carbocycles. The van der Waals surface area contributed by atoms with E-state index in [4.69, 9.17) is 4.42 Å². The third-order valence-electron chi connectivity index (χ3n) is 6.80. The number of anilines is 2. The molecule has 0 amide bonds. The first kappa shape index (κ1) is 19.0. The van der Waals surface area contributed by atoms with Crippen molar-refractivity contribution < 1.29 is 4.42 Å². The summed E-state index contributed by atoms with van der Waals surface area (Å²) in [5, 5.41) is 4.77. The van der Waals surface area contributed by atoms with Crippen molar-refractivity contribution >= 4 is 55.1 Å². The Labute approximate surface area is 197 Å². The molecule has 0 unspecified atom stereocenters. The molecule has 0 aliphatic heterocycles. The van der Waals surface area contributed by atoms with Gasteiger partial charge in [0.2, 0.25) is 0 Å². The van der Waals surface area contributed by atoms with Crippen LogP contribution in [-0.2, 0) is 0 Å². The predicted octanol–water partition coefficient (Wildman–Crippen LogP) is 8.45. The summed E-state index contributed by atoms with van der Waals surface area (Å²) in [5.41, 5.74) is 7.59. The number of para-hydroxylation sites is 4. The lowest BCUT2D eigenvalue weighted by Gasteiger charge is -2.20. The summed E-state index contributed by atoms with van der Waals surface area (Å²) in [6.45, 7) is 0. The van der Waals surface area contributed by atoms with Crippen LogP contribution in [0.5, 0.6) is 0 Å². The minimum absolute atomic E-state index is 0.915. The van der Waals surface area contributed by atoms with Crippen LogP contribution in [0, 0.1) is 0 Å². The third-order valence-corrected chi connectivity index (χ3v) is 6.80. The van der Waals surface area contributed by atoms with Gasteiger partial charge in [-0.05, 0) is 48.5 Å². The quantitative estimate of drug-likeness (QED) is 0.276. The Balaban J connectivity index is 1.44. The van der Waals surface area contributed by atoms with Gasteiger partial charge in [0.15, 0.2) is 5.58 Å². The normalized spacial score (nSPS) is 11.7. The fourth-order valence-corrected chi connectivity index (χ4v) is 5.16. The number of rotatable bonds is 3. The number of aromatic nitrogens is 1. The first-order valence-electron chi connectivity index (χ1n) is 11.5. The van der Waals surface area contributed by atoms with Crippen molar-refractivity contribution in [2.45, 2.75) is 0 Å². The van der Waals surface area contributed by atoms with E-state index in [1.54, 1.807) is 0 Å². The number of nitrogens with zero attached hydrogens (tertiary/aromatic N) is 2. The van der Waals surface area contributed by atoms with E-state index < -0.39 is 0 Å². The SMILES string of the molecule is CN(c1ccc2c(c1)c1ccccc1n2-c1ccccc1)c1cccc2c1oc1ccccc12. The molecular weight excluding hydrogens is 416 g/mol. The van der Waals surface area contributed by atoms with Gasteiger partial charge < -0.3 is 13.9 Å². The van der Waals surface area contributed by atoms with Gasteiger partial charge in [0, 0.05) is 40.0 Å². The van der Waals surface area contributed by atoms with E-state index in [0.29, 0.717) is 0 Å². The molecule has 0 saturated heterocycles. The van der Waals surface area contributed by atoms with Crippen molar-refractivity contribution in [1.82, 2.24) is 4.57 Å². The van der Waals surface area contributed by atoms with Crippen LogP contribution < -0.4 is 4.90 Å². The first-order valence-corrected chi connectivity index (χ1v) is 11.5. The molecule has 0 aliphatic carbocycles. The lowest BCUT2D eigenvalue weighted by Crippen LogP contribution is -2.09. The average molecular weight is 439 g/mol. The largest absolute Gasteiger partial charge is 0.454 e. The molecule has 2 heterocycles. The van der Waals surface area contributed by atoms with Gasteiger partial charge >= 0.3 is 0 Å². The van der Waals surface area contributed by atoms with Gasteiger partial charge in [0.1, 0.15) is 5.58 Å². The van der Waals surface area contributed by atoms with Crippen LogP contribution in [0.25, 0.3) is 49.4 Å². The summed E-state index contributed by atoms with van der Waals surface area (Å²) in [6, 6.07) is 40.5. The van der Waals surface area contributed by atoms with Gasteiger partial charge in [-0.25, -0.2) is 0 Å². The van der Waals surface area contributed by atoms with E-state index in [2.05, 4.69) is 120 Å². The van der Waals surface area contributed by atoms with Gasteiger partial charge in [-0.1, -0.05) is 66.7 Å². The van der Waals surface area contributed by atoms with Crippen molar-refractivity contribution in [1.29, 1.82) is 0 Å². The van der Waals surface area contributed by atoms with Crippen LogP contribution in [0.1, 0.15) is 0 Å². The van der Waals surface area contributed by atoms with Gasteiger partial charge in [-0.2, -0.15) is 0 Å². The van der Waals surface area contributed by atoms with Gasteiger partial charge in [0.25, 0.3) is 0 Å². The predicted molar refractivity (Wildman–Crippen MR) is 143 cm³/mol. The molecule has 2 aromatic heterocycles. The molecule has 5 aromatic carbocycles. The van der Waals surface area contributed by atoms with Crippen molar-refractivity contribution in [2.24, 2.45) is 0 Å². The van der Waals surface area contributed by atoms with Gasteiger partial charge in [-0.3, -0.25) is 0 Å². The lowest BCUT2D eigenvalue weighted by atomic mass is 10.1. The summed E-state index contributed by atoms with van der Waals surface area (Å²) < 4.78 is 8.64. The fraction of sp³-hybridized carbons (Fsp3) is 0.0323. The minimum Gasteiger partial charge on any atom is -0.454 e. The van der Waals surface area contributed by atoms with Crippen molar-refractivity contribution in [2.75, 3.05) is 11.9 Å². The van der Waals surface area contributed by atoms with Gasteiger partial charge in [0.05, 0.1) is 16.7 Å². The zero-order valence-electron chi connectivity index (χ0n) is 18.8. The highest BCUT2D eigenvalue weighted by Gasteiger charge is 2.17. The van der Waals surface area contributed by atoms with Crippen LogP contribution in [0.3, 0.4) is 0 Å². The summed E-state index contributed by atoms with van der Waals surface area (Å²) in [4.78, 5) is 2.22. The summed E-state index contributed by atoms with van der Waals surface area (Å²) >= 11 is 0. The molecule has 162 valence electrons. The van der Waals surface area contributed by atoms with Crippen LogP contribution in [-0.4, -0.2) is 11.6 Å². The monoisotopic (exact) mass is 438 g/mol. The number of benzene rings is 5. The van der Waals surface area contributed by atoms with E-state index >= 15 is 0 Å². The average Bonchev–Trinajstić information content (AvgIpc) is 3.44. The molecule has 3 heteroatoms. The molecular formula is C31H22N2O. The van der Waals surface area contributed by atoms with Crippen LogP contribution in [0.4, 0.5) is 11.4 Å². The number of hydrogen-bond acceptors (Lipinski definition) is 2. The van der Waals surface area contributed by atoms with Crippen LogP contribution in [0.15, 0.2) is 120 Å². The molecule has 0 N–H and O–H groups in total.